The molecule has 0 radical (unpaired) electrons. The number of nitrogens with one attached hydrogen (secondary N) is 2. The Hall–Kier alpha value is -2.90. The van der Waals surface area contributed by atoms with Crippen LogP contribution < -0.4 is 10.0 Å². The molecule has 2 rings (SSSR count). The van der Waals surface area contributed by atoms with Gasteiger partial charge in [0.1, 0.15) is 11.1 Å². The normalized spacial score (nSPS) is 11.9. The summed E-state index contributed by atoms with van der Waals surface area (Å²) in [5, 5.41) is 12.0. The highest BCUT2D eigenvalue weighted by atomic mass is 32.2. The zero-order valence-electron chi connectivity index (χ0n) is 16.8. The number of carbonyl (C=O) groups excluding carboxylic acids is 2. The highest BCUT2D eigenvalue weighted by molar-refractivity contribution is 8.00. The van der Waals surface area contributed by atoms with E-state index in [4.69, 9.17) is 0 Å². The summed E-state index contributed by atoms with van der Waals surface area (Å²) < 4.78 is 25.8. The Morgan fingerprint density at radius 1 is 1.20 bits per heavy atom. The number of aryl methyl sites for hydroxylation is 1. The zero-order chi connectivity index (χ0) is 22.3. The van der Waals surface area contributed by atoms with Crippen molar-refractivity contribution in [3.63, 3.8) is 0 Å². The van der Waals surface area contributed by atoms with Crippen LogP contribution in [-0.2, 0) is 26.0 Å². The fourth-order valence-electron chi connectivity index (χ4n) is 2.48. The summed E-state index contributed by atoms with van der Waals surface area (Å²) in [7, 11) is -3.93. The van der Waals surface area contributed by atoms with Crippen LogP contribution in [0.3, 0.4) is 0 Å². The van der Waals surface area contributed by atoms with E-state index in [1.54, 1.807) is 13.0 Å². The molecule has 1 heterocycles. The molecule has 0 saturated heterocycles. The maximum Gasteiger partial charge on any atom is 0.264 e. The number of hydrogen-bond acceptors (Lipinski definition) is 7. The second-order valence-corrected chi connectivity index (χ2v) is 9.46. The number of nitrogens with zero attached hydrogens (tertiary/aromatic N) is 2. The monoisotopic (exact) mass is 446 g/mol. The molecule has 0 saturated carbocycles. The number of amides is 2. The summed E-state index contributed by atoms with van der Waals surface area (Å²) in [6.45, 7) is 4.84. The van der Waals surface area contributed by atoms with Gasteiger partial charge in [-0.2, -0.15) is 5.26 Å². The Morgan fingerprint density at radius 3 is 2.43 bits per heavy atom. The van der Waals surface area contributed by atoms with Gasteiger partial charge in [-0.05, 0) is 49.7 Å². The third kappa shape index (κ3) is 6.30. The standard InChI is InChI=1S/C20H22N4O4S2/c1-4-5-16-7-6-15(12-21)20(23-16)29-13(2)19(26)22-17-8-10-18(11-9-17)30(27,28)24-14(3)25/h6-11,13H,4-5H2,1-3H3,(H,22,26)(H,24,25). The van der Waals surface area contributed by atoms with Crippen molar-refractivity contribution in [1.82, 2.24) is 9.71 Å². The van der Waals surface area contributed by atoms with Crippen LogP contribution in [-0.4, -0.2) is 30.5 Å². The summed E-state index contributed by atoms with van der Waals surface area (Å²) in [6, 6.07) is 11.1. The number of thioether (sulfide) groups is 1. The van der Waals surface area contributed by atoms with Crippen molar-refractivity contribution in [3.05, 3.63) is 47.7 Å². The van der Waals surface area contributed by atoms with Gasteiger partial charge in [0.2, 0.25) is 11.8 Å². The van der Waals surface area contributed by atoms with Crippen molar-refractivity contribution in [2.45, 2.75) is 48.8 Å². The summed E-state index contributed by atoms with van der Waals surface area (Å²) >= 11 is 1.19. The van der Waals surface area contributed by atoms with E-state index in [2.05, 4.69) is 16.4 Å². The summed E-state index contributed by atoms with van der Waals surface area (Å²) in [5.41, 5.74) is 1.68. The number of sulfonamides is 1. The van der Waals surface area contributed by atoms with E-state index in [1.807, 2.05) is 17.7 Å². The molecule has 10 heteroatoms. The predicted octanol–water partition coefficient (Wildman–Crippen LogP) is 2.85. The predicted molar refractivity (Wildman–Crippen MR) is 114 cm³/mol. The van der Waals surface area contributed by atoms with E-state index >= 15 is 0 Å². The second-order valence-electron chi connectivity index (χ2n) is 6.45. The first-order valence-electron chi connectivity index (χ1n) is 9.17. The van der Waals surface area contributed by atoms with Crippen LogP contribution in [0.2, 0.25) is 0 Å². The molecule has 2 aromatic rings. The van der Waals surface area contributed by atoms with Crippen LogP contribution in [0.15, 0.2) is 46.3 Å². The highest BCUT2D eigenvalue weighted by Gasteiger charge is 2.19. The fourth-order valence-corrected chi connectivity index (χ4v) is 4.38. The Bertz CT molecular complexity index is 1080. The Balaban J connectivity index is 2.09. The van der Waals surface area contributed by atoms with Crippen molar-refractivity contribution in [1.29, 1.82) is 5.26 Å². The van der Waals surface area contributed by atoms with Crippen LogP contribution in [0, 0.1) is 11.3 Å². The molecule has 0 fully saturated rings. The number of anilines is 1. The minimum Gasteiger partial charge on any atom is -0.325 e. The Morgan fingerprint density at radius 2 is 1.87 bits per heavy atom. The van der Waals surface area contributed by atoms with E-state index in [9.17, 15) is 23.3 Å². The van der Waals surface area contributed by atoms with Crippen LogP contribution in [0.4, 0.5) is 5.69 Å². The molecular weight excluding hydrogens is 424 g/mol. The smallest absolute Gasteiger partial charge is 0.264 e. The van der Waals surface area contributed by atoms with Crippen LogP contribution in [0.5, 0.6) is 0 Å². The van der Waals surface area contributed by atoms with E-state index in [-0.39, 0.29) is 10.8 Å². The number of carbonyl (C=O) groups is 2. The fraction of sp³-hybridized carbons (Fsp3) is 0.300. The molecule has 1 unspecified atom stereocenters. The first kappa shape index (κ1) is 23.4. The lowest BCUT2D eigenvalue weighted by atomic mass is 10.2. The van der Waals surface area contributed by atoms with Gasteiger partial charge in [-0.25, -0.2) is 18.1 Å². The third-order valence-electron chi connectivity index (χ3n) is 3.91. The first-order chi connectivity index (χ1) is 14.2. The number of pyridine rings is 1. The molecule has 0 aliphatic carbocycles. The molecule has 1 aromatic carbocycles. The molecule has 8 nitrogen and oxygen atoms in total. The van der Waals surface area contributed by atoms with E-state index < -0.39 is 21.2 Å². The number of benzene rings is 1. The minimum absolute atomic E-state index is 0.0891. The molecule has 0 aliphatic rings. The average molecular weight is 447 g/mol. The van der Waals surface area contributed by atoms with Gasteiger partial charge in [-0.15, -0.1) is 0 Å². The molecule has 158 valence electrons. The van der Waals surface area contributed by atoms with Gasteiger partial charge in [0, 0.05) is 18.3 Å². The van der Waals surface area contributed by atoms with Gasteiger partial charge in [0.05, 0.1) is 15.7 Å². The molecule has 2 N–H and O–H groups in total. The molecule has 0 bridgehead atoms. The number of nitriles is 1. The number of rotatable bonds is 8. The second kappa shape index (κ2) is 10.2. The van der Waals surface area contributed by atoms with Gasteiger partial charge >= 0.3 is 0 Å². The van der Waals surface area contributed by atoms with Crippen molar-refractivity contribution >= 4 is 39.3 Å². The zero-order valence-corrected chi connectivity index (χ0v) is 18.4. The molecule has 30 heavy (non-hydrogen) atoms. The first-order valence-corrected chi connectivity index (χ1v) is 11.5. The van der Waals surface area contributed by atoms with Crippen molar-refractivity contribution in [2.24, 2.45) is 0 Å². The number of aromatic nitrogens is 1. The van der Waals surface area contributed by atoms with Crippen molar-refractivity contribution < 1.29 is 18.0 Å². The Labute approximate surface area is 180 Å². The van der Waals surface area contributed by atoms with E-state index in [0.717, 1.165) is 25.5 Å². The summed E-state index contributed by atoms with van der Waals surface area (Å²) in [4.78, 5) is 27.9. The van der Waals surface area contributed by atoms with Crippen LogP contribution in [0.25, 0.3) is 0 Å². The van der Waals surface area contributed by atoms with Gasteiger partial charge in [-0.3, -0.25) is 9.59 Å². The average Bonchev–Trinajstić information content (AvgIpc) is 2.68. The third-order valence-corrected chi connectivity index (χ3v) is 6.46. The molecule has 1 aromatic heterocycles. The molecule has 0 spiro atoms. The lowest BCUT2D eigenvalue weighted by molar-refractivity contribution is -0.117. The maximum atomic E-state index is 12.5. The summed E-state index contributed by atoms with van der Waals surface area (Å²) in [6.07, 6.45) is 1.71. The maximum absolute atomic E-state index is 12.5. The highest BCUT2D eigenvalue weighted by Crippen LogP contribution is 2.26. The molecule has 1 atom stereocenters. The van der Waals surface area contributed by atoms with Crippen molar-refractivity contribution in [2.75, 3.05) is 5.32 Å². The molecule has 2 amide bonds. The van der Waals surface area contributed by atoms with Gasteiger partial charge in [0.15, 0.2) is 0 Å². The lowest BCUT2D eigenvalue weighted by Crippen LogP contribution is -2.28. The minimum atomic E-state index is -3.93. The SMILES string of the molecule is CCCc1ccc(C#N)c(SC(C)C(=O)Nc2ccc(S(=O)(=O)NC(C)=O)cc2)n1. The summed E-state index contributed by atoms with van der Waals surface area (Å²) in [5.74, 6) is -1.00. The largest absolute Gasteiger partial charge is 0.325 e. The lowest BCUT2D eigenvalue weighted by Gasteiger charge is -2.13. The van der Waals surface area contributed by atoms with Crippen LogP contribution >= 0.6 is 11.8 Å². The Kier molecular flexibility index (Phi) is 7.97. The van der Waals surface area contributed by atoms with Crippen LogP contribution in [0.1, 0.15) is 38.4 Å². The molecular formula is C20H22N4O4S2. The molecule has 0 aliphatic heterocycles. The van der Waals surface area contributed by atoms with E-state index in [0.29, 0.717) is 16.3 Å². The van der Waals surface area contributed by atoms with Crippen molar-refractivity contribution in [3.8, 4) is 6.07 Å². The van der Waals surface area contributed by atoms with E-state index in [1.165, 1.54) is 36.0 Å². The van der Waals surface area contributed by atoms with Gasteiger partial charge in [-0.1, -0.05) is 25.1 Å². The van der Waals surface area contributed by atoms with Gasteiger partial charge < -0.3 is 5.32 Å². The number of hydrogen-bond donors (Lipinski definition) is 2. The topological polar surface area (TPSA) is 129 Å². The van der Waals surface area contributed by atoms with Gasteiger partial charge in [0.25, 0.3) is 10.0 Å². The quantitative estimate of drug-likeness (QED) is 0.597.